The second-order valence-electron chi connectivity index (χ2n) is 9.36. The van der Waals surface area contributed by atoms with Gasteiger partial charge in [-0.05, 0) is 68.7 Å². The van der Waals surface area contributed by atoms with Crippen molar-refractivity contribution in [3.63, 3.8) is 0 Å². The topological polar surface area (TPSA) is 97.6 Å². The number of esters is 1. The molecule has 0 spiro atoms. The maximum absolute atomic E-state index is 12.6. The Morgan fingerprint density at radius 1 is 1.08 bits per heavy atom. The van der Waals surface area contributed by atoms with Crippen LogP contribution in [0.25, 0.3) is 28.1 Å². The van der Waals surface area contributed by atoms with E-state index in [-0.39, 0.29) is 5.92 Å². The lowest BCUT2D eigenvalue weighted by atomic mass is 9.87. The van der Waals surface area contributed by atoms with Crippen LogP contribution in [-0.2, 0) is 4.74 Å². The first-order valence-electron chi connectivity index (χ1n) is 12.0. The lowest BCUT2D eigenvalue weighted by Crippen LogP contribution is -2.38. The number of amides is 1. The Bertz CT molecular complexity index is 1460. The summed E-state index contributed by atoms with van der Waals surface area (Å²) in [5.74, 6) is -0.541. The Balaban J connectivity index is 1.60. The van der Waals surface area contributed by atoms with E-state index in [1.54, 1.807) is 12.3 Å². The van der Waals surface area contributed by atoms with Crippen molar-refractivity contribution in [2.75, 3.05) is 20.2 Å². The number of methoxy groups -OCH3 is 1. The number of likely N-dealkylation sites (tertiary alicyclic amines) is 1. The number of aromatic nitrogens is 3. The van der Waals surface area contributed by atoms with E-state index >= 15 is 0 Å². The Kier molecular flexibility index (Phi) is 6.18. The third-order valence-corrected chi connectivity index (χ3v) is 6.76. The molecule has 0 radical (unpaired) electrons. The molecule has 0 bridgehead atoms. The lowest BCUT2D eigenvalue weighted by molar-refractivity contribution is 0.0598. The van der Waals surface area contributed by atoms with E-state index in [1.807, 2.05) is 29.0 Å². The molecule has 0 aliphatic carbocycles. The molecule has 1 fully saturated rings. The lowest BCUT2D eigenvalue weighted by Gasteiger charge is -2.32. The molecule has 1 N–H and O–H groups in total. The summed E-state index contributed by atoms with van der Waals surface area (Å²) < 4.78 is 6.98. The number of carboxylic acid groups (broad SMARTS) is 1. The number of rotatable bonds is 4. The Labute approximate surface area is 209 Å². The summed E-state index contributed by atoms with van der Waals surface area (Å²) in [5.41, 5.74) is 7.64. The maximum atomic E-state index is 12.6. The molecule has 1 unspecified atom stereocenters. The first kappa shape index (κ1) is 23.5. The third kappa shape index (κ3) is 4.42. The van der Waals surface area contributed by atoms with Crippen molar-refractivity contribution < 1.29 is 19.4 Å². The fourth-order valence-corrected chi connectivity index (χ4v) is 5.11. The van der Waals surface area contributed by atoms with Gasteiger partial charge >= 0.3 is 12.1 Å². The van der Waals surface area contributed by atoms with Crippen LogP contribution in [0.15, 0.2) is 54.9 Å². The molecule has 5 rings (SSSR count). The van der Waals surface area contributed by atoms with Gasteiger partial charge in [-0.25, -0.2) is 14.6 Å². The van der Waals surface area contributed by atoms with Crippen molar-refractivity contribution in [2.45, 2.75) is 32.6 Å². The Hall–Kier alpha value is -4.20. The number of nitrogens with zero attached hydrogens (tertiary/aromatic N) is 4. The standard InChI is InChI=1S/C28H28N4O4/c1-17-11-18(2)13-20(12-17)25-15-29-24-8-10-32(26(24)30-25)21-6-7-22(27(33)36-3)23(14-21)19-5-4-9-31(16-19)28(34)35/h6-8,10-15,19H,4-5,9,16H2,1-3H3,(H,34,35). The molecule has 184 valence electrons. The monoisotopic (exact) mass is 484 g/mol. The van der Waals surface area contributed by atoms with E-state index < -0.39 is 12.1 Å². The predicted octanol–water partition coefficient (Wildman–Crippen LogP) is 5.35. The van der Waals surface area contributed by atoms with Gasteiger partial charge in [0.15, 0.2) is 5.65 Å². The van der Waals surface area contributed by atoms with E-state index in [0.29, 0.717) is 24.3 Å². The second-order valence-corrected chi connectivity index (χ2v) is 9.36. The van der Waals surface area contributed by atoms with Gasteiger partial charge in [-0.1, -0.05) is 17.2 Å². The van der Waals surface area contributed by atoms with Gasteiger partial charge in [0.2, 0.25) is 0 Å². The second kappa shape index (κ2) is 9.45. The van der Waals surface area contributed by atoms with Crippen molar-refractivity contribution in [3.05, 3.63) is 77.1 Å². The van der Waals surface area contributed by atoms with Crippen LogP contribution in [-0.4, -0.2) is 56.8 Å². The number of piperidine rings is 1. The summed E-state index contributed by atoms with van der Waals surface area (Å²) in [7, 11) is 1.36. The van der Waals surface area contributed by atoms with Crippen molar-refractivity contribution in [1.29, 1.82) is 0 Å². The van der Waals surface area contributed by atoms with Crippen molar-refractivity contribution in [2.24, 2.45) is 0 Å². The molecule has 1 aliphatic heterocycles. The van der Waals surface area contributed by atoms with Gasteiger partial charge in [0.25, 0.3) is 0 Å². The largest absolute Gasteiger partial charge is 0.465 e. The third-order valence-electron chi connectivity index (χ3n) is 6.76. The molecule has 8 nitrogen and oxygen atoms in total. The van der Waals surface area contributed by atoms with Crippen LogP contribution in [0.1, 0.15) is 45.8 Å². The average Bonchev–Trinajstić information content (AvgIpc) is 3.30. The van der Waals surface area contributed by atoms with Crippen molar-refractivity contribution >= 4 is 23.2 Å². The van der Waals surface area contributed by atoms with Crippen LogP contribution in [0.5, 0.6) is 0 Å². The number of ether oxygens (including phenoxy) is 1. The molecular weight excluding hydrogens is 456 g/mol. The molecule has 2 aromatic heterocycles. The summed E-state index contributed by atoms with van der Waals surface area (Å²) in [4.78, 5) is 35.2. The minimum atomic E-state index is -0.943. The first-order chi connectivity index (χ1) is 17.3. The van der Waals surface area contributed by atoms with Gasteiger partial charge in [-0.15, -0.1) is 0 Å². The van der Waals surface area contributed by atoms with Crippen LogP contribution in [0.3, 0.4) is 0 Å². The van der Waals surface area contributed by atoms with Gasteiger partial charge < -0.3 is 14.7 Å². The molecular formula is C28H28N4O4. The molecule has 2 aromatic carbocycles. The van der Waals surface area contributed by atoms with Crippen LogP contribution in [0.2, 0.25) is 0 Å². The Morgan fingerprint density at radius 3 is 2.58 bits per heavy atom. The molecule has 4 aromatic rings. The molecule has 36 heavy (non-hydrogen) atoms. The molecule has 1 aliphatic rings. The van der Waals surface area contributed by atoms with Crippen LogP contribution in [0, 0.1) is 13.8 Å². The highest BCUT2D eigenvalue weighted by Gasteiger charge is 2.28. The van der Waals surface area contributed by atoms with E-state index in [0.717, 1.165) is 52.0 Å². The highest BCUT2D eigenvalue weighted by Crippen LogP contribution is 2.32. The van der Waals surface area contributed by atoms with Gasteiger partial charge in [0, 0.05) is 36.5 Å². The fraction of sp³-hybridized carbons (Fsp3) is 0.286. The van der Waals surface area contributed by atoms with Crippen molar-refractivity contribution in [3.8, 4) is 16.9 Å². The number of carbonyl (C=O) groups is 2. The smallest absolute Gasteiger partial charge is 0.407 e. The molecule has 1 amide bonds. The van der Waals surface area contributed by atoms with E-state index in [2.05, 4.69) is 37.0 Å². The summed E-state index contributed by atoms with van der Waals surface area (Å²) in [6, 6.07) is 13.8. The van der Waals surface area contributed by atoms with E-state index in [9.17, 15) is 14.7 Å². The summed E-state index contributed by atoms with van der Waals surface area (Å²) in [5, 5.41) is 9.52. The highest BCUT2D eigenvalue weighted by molar-refractivity contribution is 5.92. The van der Waals surface area contributed by atoms with Gasteiger partial charge in [0.1, 0.15) is 5.52 Å². The van der Waals surface area contributed by atoms with Gasteiger partial charge in [-0.3, -0.25) is 9.55 Å². The van der Waals surface area contributed by atoms with Gasteiger partial charge in [-0.2, -0.15) is 0 Å². The highest BCUT2D eigenvalue weighted by atomic mass is 16.5. The number of aryl methyl sites for hydroxylation is 2. The first-order valence-corrected chi connectivity index (χ1v) is 12.0. The summed E-state index contributed by atoms with van der Waals surface area (Å²) in [6.07, 6.45) is 4.28. The minimum absolute atomic E-state index is 0.109. The van der Waals surface area contributed by atoms with Crippen LogP contribution >= 0.6 is 0 Å². The minimum Gasteiger partial charge on any atom is -0.465 e. The Morgan fingerprint density at radius 2 is 1.86 bits per heavy atom. The molecule has 8 heteroatoms. The molecule has 0 saturated carbocycles. The SMILES string of the molecule is COC(=O)c1ccc(-n2ccc3ncc(-c4cc(C)cc(C)c4)nc32)cc1C1CCCN(C(=O)O)C1. The van der Waals surface area contributed by atoms with E-state index in [4.69, 9.17) is 9.72 Å². The molecule has 1 atom stereocenters. The number of hydrogen-bond acceptors (Lipinski definition) is 5. The van der Waals surface area contributed by atoms with Crippen LogP contribution in [0.4, 0.5) is 4.79 Å². The van der Waals surface area contributed by atoms with Gasteiger partial charge in [0.05, 0.1) is 24.6 Å². The average molecular weight is 485 g/mol. The predicted molar refractivity (Wildman–Crippen MR) is 137 cm³/mol. The zero-order valence-corrected chi connectivity index (χ0v) is 20.6. The number of hydrogen-bond donors (Lipinski definition) is 1. The molecule has 1 saturated heterocycles. The maximum Gasteiger partial charge on any atom is 0.407 e. The number of benzene rings is 2. The van der Waals surface area contributed by atoms with Crippen LogP contribution < -0.4 is 0 Å². The summed E-state index contributed by atoms with van der Waals surface area (Å²) in [6.45, 7) is 4.96. The van der Waals surface area contributed by atoms with E-state index in [1.165, 1.54) is 12.0 Å². The summed E-state index contributed by atoms with van der Waals surface area (Å²) >= 11 is 0. The zero-order valence-electron chi connectivity index (χ0n) is 20.6. The fourth-order valence-electron chi connectivity index (χ4n) is 5.11. The van der Waals surface area contributed by atoms with Crippen molar-refractivity contribution in [1.82, 2.24) is 19.4 Å². The zero-order chi connectivity index (χ0) is 25.4. The molecule has 3 heterocycles. The normalized spacial score (nSPS) is 15.8. The quantitative estimate of drug-likeness (QED) is 0.392. The number of carbonyl (C=O) groups excluding carboxylic acids is 1. The number of fused-ring (bicyclic) bond motifs is 1.